The fourth-order valence-electron chi connectivity index (χ4n) is 2.42. The van der Waals surface area contributed by atoms with Gasteiger partial charge in [0.2, 0.25) is 5.91 Å². The summed E-state index contributed by atoms with van der Waals surface area (Å²) in [7, 11) is 0. The lowest BCUT2D eigenvalue weighted by Gasteiger charge is -2.18. The van der Waals surface area contributed by atoms with E-state index in [0.717, 1.165) is 16.7 Å². The van der Waals surface area contributed by atoms with Crippen molar-refractivity contribution in [3.63, 3.8) is 0 Å². The van der Waals surface area contributed by atoms with Gasteiger partial charge in [0.05, 0.1) is 0 Å². The van der Waals surface area contributed by atoms with Crippen LogP contribution in [0.2, 0.25) is 0 Å². The number of hydrogen-bond acceptors (Lipinski definition) is 5. The summed E-state index contributed by atoms with van der Waals surface area (Å²) in [5.74, 6) is -0.103. The normalized spacial score (nSPS) is 11.7. The van der Waals surface area contributed by atoms with E-state index in [0.29, 0.717) is 13.1 Å². The second-order valence-electron chi connectivity index (χ2n) is 5.53. The van der Waals surface area contributed by atoms with Gasteiger partial charge in [0.25, 0.3) is 0 Å². The summed E-state index contributed by atoms with van der Waals surface area (Å²) in [5.41, 5.74) is 2.83. The van der Waals surface area contributed by atoms with Crippen LogP contribution in [-0.4, -0.2) is 20.9 Å². The summed E-state index contributed by atoms with van der Waals surface area (Å²) in [5, 5.41) is 6.25. The molecule has 0 aliphatic carbocycles. The van der Waals surface area contributed by atoms with E-state index in [-0.39, 0.29) is 5.91 Å². The molecule has 126 valence electrons. The lowest BCUT2D eigenvalue weighted by molar-refractivity contribution is -0.123. The maximum Gasteiger partial charge on any atom is 0.242 e. The predicted octanol–water partition coefficient (Wildman–Crippen LogP) is 2.02. The molecule has 3 heterocycles. The molecule has 3 aromatic heterocycles. The monoisotopic (exact) mass is 333 g/mol. The summed E-state index contributed by atoms with van der Waals surface area (Å²) in [6.45, 7) is 0.989. The van der Waals surface area contributed by atoms with E-state index < -0.39 is 6.04 Å². The Morgan fingerprint density at radius 1 is 0.840 bits per heavy atom. The third-order valence-corrected chi connectivity index (χ3v) is 3.73. The highest BCUT2D eigenvalue weighted by atomic mass is 16.2. The zero-order valence-electron chi connectivity index (χ0n) is 13.7. The van der Waals surface area contributed by atoms with Crippen LogP contribution in [-0.2, 0) is 17.9 Å². The van der Waals surface area contributed by atoms with Gasteiger partial charge in [0.15, 0.2) is 0 Å². The van der Waals surface area contributed by atoms with E-state index in [2.05, 4.69) is 25.6 Å². The Bertz CT molecular complexity index is 781. The van der Waals surface area contributed by atoms with Gasteiger partial charge >= 0.3 is 0 Å². The third kappa shape index (κ3) is 4.92. The number of carbonyl (C=O) groups excluding carboxylic acids is 1. The standard InChI is InChI=1S/C19H19N5O/c25-19(24-12-15-5-9-20-10-6-15)18(17-4-2-8-22-14-17)23-13-16-3-1-7-21-11-16/h1-11,14,18,23H,12-13H2,(H,24,25). The molecule has 3 rings (SSSR count). The molecule has 0 radical (unpaired) electrons. The van der Waals surface area contributed by atoms with Crippen molar-refractivity contribution in [1.82, 2.24) is 25.6 Å². The van der Waals surface area contributed by atoms with Crippen molar-refractivity contribution in [3.05, 3.63) is 90.3 Å². The highest BCUT2D eigenvalue weighted by molar-refractivity contribution is 5.83. The molecule has 1 atom stereocenters. The number of hydrogen-bond donors (Lipinski definition) is 2. The molecule has 6 heteroatoms. The number of nitrogens with zero attached hydrogens (tertiary/aromatic N) is 3. The average Bonchev–Trinajstić information content (AvgIpc) is 2.69. The van der Waals surface area contributed by atoms with Gasteiger partial charge in [-0.25, -0.2) is 0 Å². The largest absolute Gasteiger partial charge is 0.350 e. The third-order valence-electron chi connectivity index (χ3n) is 3.73. The Morgan fingerprint density at radius 2 is 1.60 bits per heavy atom. The first kappa shape index (κ1) is 16.7. The fraction of sp³-hybridized carbons (Fsp3) is 0.158. The van der Waals surface area contributed by atoms with Crippen LogP contribution in [0.4, 0.5) is 0 Å². The second-order valence-corrected chi connectivity index (χ2v) is 5.53. The van der Waals surface area contributed by atoms with Crippen molar-refractivity contribution in [2.24, 2.45) is 0 Å². The summed E-state index contributed by atoms with van der Waals surface area (Å²) >= 11 is 0. The Labute approximate surface area is 146 Å². The molecule has 0 aliphatic heterocycles. The highest BCUT2D eigenvalue weighted by Gasteiger charge is 2.20. The van der Waals surface area contributed by atoms with Gasteiger partial charge in [0.1, 0.15) is 6.04 Å². The minimum absolute atomic E-state index is 0.103. The van der Waals surface area contributed by atoms with Crippen molar-refractivity contribution in [2.45, 2.75) is 19.1 Å². The number of carbonyl (C=O) groups is 1. The average molecular weight is 333 g/mol. The zero-order chi connectivity index (χ0) is 17.3. The molecule has 0 spiro atoms. The number of pyridine rings is 3. The molecule has 2 N–H and O–H groups in total. The van der Waals surface area contributed by atoms with Crippen molar-refractivity contribution < 1.29 is 4.79 Å². The van der Waals surface area contributed by atoms with E-state index in [1.165, 1.54) is 0 Å². The van der Waals surface area contributed by atoms with Crippen molar-refractivity contribution >= 4 is 5.91 Å². The van der Waals surface area contributed by atoms with E-state index in [1.54, 1.807) is 37.2 Å². The maximum atomic E-state index is 12.7. The lowest BCUT2D eigenvalue weighted by Crippen LogP contribution is -2.37. The molecule has 0 fully saturated rings. The van der Waals surface area contributed by atoms with E-state index in [1.807, 2.05) is 36.4 Å². The maximum absolute atomic E-state index is 12.7. The van der Waals surface area contributed by atoms with Crippen LogP contribution in [0.15, 0.2) is 73.6 Å². The zero-order valence-corrected chi connectivity index (χ0v) is 13.7. The molecule has 6 nitrogen and oxygen atoms in total. The van der Waals surface area contributed by atoms with Crippen LogP contribution >= 0.6 is 0 Å². The molecule has 3 aromatic rings. The number of aromatic nitrogens is 3. The fourth-order valence-corrected chi connectivity index (χ4v) is 2.42. The number of rotatable bonds is 7. The van der Waals surface area contributed by atoms with E-state index in [9.17, 15) is 4.79 Å². The van der Waals surface area contributed by atoms with Gasteiger partial charge in [0, 0.05) is 50.3 Å². The van der Waals surface area contributed by atoms with Crippen LogP contribution in [0, 0.1) is 0 Å². The summed E-state index contributed by atoms with van der Waals surface area (Å²) in [6, 6.07) is 10.8. The van der Waals surface area contributed by atoms with Crippen LogP contribution in [0.1, 0.15) is 22.7 Å². The number of nitrogens with one attached hydrogen (secondary N) is 2. The van der Waals surface area contributed by atoms with Crippen LogP contribution in [0.3, 0.4) is 0 Å². The van der Waals surface area contributed by atoms with Gasteiger partial charge in [-0.15, -0.1) is 0 Å². The molecule has 0 bridgehead atoms. The van der Waals surface area contributed by atoms with Gasteiger partial charge in [-0.05, 0) is 41.0 Å². The van der Waals surface area contributed by atoms with E-state index in [4.69, 9.17) is 0 Å². The first-order valence-corrected chi connectivity index (χ1v) is 8.02. The van der Waals surface area contributed by atoms with Crippen molar-refractivity contribution in [1.29, 1.82) is 0 Å². The predicted molar refractivity (Wildman–Crippen MR) is 94.1 cm³/mol. The SMILES string of the molecule is O=C(NCc1ccncc1)C(NCc1cccnc1)c1cccnc1. The molecule has 1 amide bonds. The van der Waals surface area contributed by atoms with Crippen molar-refractivity contribution in [2.75, 3.05) is 0 Å². The van der Waals surface area contributed by atoms with Gasteiger partial charge in [-0.2, -0.15) is 0 Å². The summed E-state index contributed by atoms with van der Waals surface area (Å²) in [4.78, 5) is 24.9. The first-order chi connectivity index (χ1) is 12.3. The smallest absolute Gasteiger partial charge is 0.242 e. The molecule has 1 unspecified atom stereocenters. The molecular weight excluding hydrogens is 314 g/mol. The van der Waals surface area contributed by atoms with Crippen LogP contribution in [0.5, 0.6) is 0 Å². The highest BCUT2D eigenvalue weighted by Crippen LogP contribution is 2.13. The first-order valence-electron chi connectivity index (χ1n) is 8.02. The Morgan fingerprint density at radius 3 is 2.28 bits per heavy atom. The molecule has 25 heavy (non-hydrogen) atoms. The molecular formula is C19H19N5O. The van der Waals surface area contributed by atoms with Crippen LogP contribution in [0.25, 0.3) is 0 Å². The summed E-state index contributed by atoms with van der Waals surface area (Å²) < 4.78 is 0. The Balaban J connectivity index is 1.68. The summed E-state index contributed by atoms with van der Waals surface area (Å²) in [6.07, 6.45) is 10.3. The van der Waals surface area contributed by atoms with Gasteiger partial charge in [-0.3, -0.25) is 25.1 Å². The molecule has 0 saturated heterocycles. The number of amides is 1. The molecule has 0 aliphatic rings. The molecule has 0 aromatic carbocycles. The van der Waals surface area contributed by atoms with E-state index >= 15 is 0 Å². The lowest BCUT2D eigenvalue weighted by atomic mass is 10.1. The topological polar surface area (TPSA) is 79.8 Å². The minimum Gasteiger partial charge on any atom is -0.350 e. The van der Waals surface area contributed by atoms with Gasteiger partial charge < -0.3 is 5.32 Å². The van der Waals surface area contributed by atoms with Crippen LogP contribution < -0.4 is 10.6 Å². The minimum atomic E-state index is -0.490. The van der Waals surface area contributed by atoms with Gasteiger partial charge in [-0.1, -0.05) is 12.1 Å². The Hall–Kier alpha value is -3.12. The second kappa shape index (κ2) is 8.65. The Kier molecular flexibility index (Phi) is 5.79. The van der Waals surface area contributed by atoms with Crippen molar-refractivity contribution in [3.8, 4) is 0 Å². The molecule has 0 saturated carbocycles. The quantitative estimate of drug-likeness (QED) is 0.691.